The lowest BCUT2D eigenvalue weighted by molar-refractivity contribution is -0.121. The predicted molar refractivity (Wildman–Crippen MR) is 76.9 cm³/mol. The second kappa shape index (κ2) is 6.88. The second-order valence-electron chi connectivity index (χ2n) is 4.66. The van der Waals surface area contributed by atoms with Crippen LogP contribution < -0.4 is 10.1 Å². The maximum absolute atomic E-state index is 12.0. The number of hydrogen-bond acceptors (Lipinski definition) is 5. The van der Waals surface area contributed by atoms with Crippen LogP contribution in [0.25, 0.3) is 0 Å². The van der Waals surface area contributed by atoms with Gasteiger partial charge in [0.15, 0.2) is 5.82 Å². The molecule has 2 aromatic rings. The molecule has 1 N–H and O–H groups in total. The van der Waals surface area contributed by atoms with Crippen LogP contribution in [-0.4, -0.2) is 23.2 Å². The van der Waals surface area contributed by atoms with Gasteiger partial charge in [-0.1, -0.05) is 30.3 Å². The van der Waals surface area contributed by atoms with Crippen LogP contribution in [0.3, 0.4) is 0 Å². The highest BCUT2D eigenvalue weighted by atomic mass is 16.5. The van der Waals surface area contributed by atoms with E-state index in [4.69, 9.17) is 9.26 Å². The molecule has 0 unspecified atom stereocenters. The van der Waals surface area contributed by atoms with E-state index in [1.165, 1.54) is 0 Å². The molecule has 0 bridgehead atoms. The summed E-state index contributed by atoms with van der Waals surface area (Å²) in [5.41, 5.74) is 0.797. The Kier molecular flexibility index (Phi) is 4.92. The SMILES string of the molecule is CCCC(=O)N[C@H](c1noc(C)n1)c1ccccc1OC. The number of carbonyl (C=O) groups excluding carboxylic acids is 1. The molecule has 1 heterocycles. The summed E-state index contributed by atoms with van der Waals surface area (Å²) in [6.45, 7) is 3.67. The highest BCUT2D eigenvalue weighted by molar-refractivity contribution is 5.76. The van der Waals surface area contributed by atoms with Gasteiger partial charge < -0.3 is 14.6 Å². The highest BCUT2D eigenvalue weighted by Gasteiger charge is 2.24. The monoisotopic (exact) mass is 289 g/mol. The van der Waals surface area contributed by atoms with Gasteiger partial charge >= 0.3 is 0 Å². The van der Waals surface area contributed by atoms with E-state index in [9.17, 15) is 4.79 Å². The van der Waals surface area contributed by atoms with Gasteiger partial charge in [-0.2, -0.15) is 4.98 Å². The lowest BCUT2D eigenvalue weighted by atomic mass is 10.0. The normalized spacial score (nSPS) is 12.0. The van der Waals surface area contributed by atoms with Crippen molar-refractivity contribution in [2.45, 2.75) is 32.7 Å². The Morgan fingerprint density at radius 1 is 1.43 bits per heavy atom. The molecule has 1 aromatic carbocycles. The fourth-order valence-corrected chi connectivity index (χ4v) is 2.08. The van der Waals surface area contributed by atoms with Crippen LogP contribution in [0.4, 0.5) is 0 Å². The van der Waals surface area contributed by atoms with Crippen LogP contribution in [-0.2, 0) is 4.79 Å². The summed E-state index contributed by atoms with van der Waals surface area (Å²) >= 11 is 0. The molecular formula is C15H19N3O3. The minimum absolute atomic E-state index is 0.0594. The Morgan fingerprint density at radius 3 is 2.81 bits per heavy atom. The Bertz CT molecular complexity index is 610. The number of rotatable bonds is 6. The zero-order valence-corrected chi connectivity index (χ0v) is 12.4. The second-order valence-corrected chi connectivity index (χ2v) is 4.66. The smallest absolute Gasteiger partial charge is 0.223 e. The van der Waals surface area contributed by atoms with Crippen molar-refractivity contribution in [3.63, 3.8) is 0 Å². The number of carbonyl (C=O) groups is 1. The quantitative estimate of drug-likeness (QED) is 0.883. The lowest BCUT2D eigenvalue weighted by Crippen LogP contribution is -2.30. The van der Waals surface area contributed by atoms with Gasteiger partial charge in [0.25, 0.3) is 0 Å². The van der Waals surface area contributed by atoms with E-state index in [1.54, 1.807) is 14.0 Å². The van der Waals surface area contributed by atoms with Gasteiger partial charge in [0.1, 0.15) is 11.8 Å². The Balaban J connectivity index is 2.37. The molecule has 6 heteroatoms. The zero-order valence-electron chi connectivity index (χ0n) is 12.4. The van der Waals surface area contributed by atoms with Crippen molar-refractivity contribution in [3.8, 4) is 5.75 Å². The number of nitrogens with zero attached hydrogens (tertiary/aromatic N) is 2. The largest absolute Gasteiger partial charge is 0.496 e. The number of para-hydroxylation sites is 1. The average molecular weight is 289 g/mol. The minimum atomic E-state index is -0.488. The Labute approximate surface area is 123 Å². The first-order chi connectivity index (χ1) is 10.2. The van der Waals surface area contributed by atoms with E-state index in [0.29, 0.717) is 23.9 Å². The molecule has 0 aliphatic rings. The molecule has 0 saturated heterocycles. The number of methoxy groups -OCH3 is 1. The molecule has 0 radical (unpaired) electrons. The third-order valence-electron chi connectivity index (χ3n) is 3.03. The molecule has 112 valence electrons. The third-order valence-corrected chi connectivity index (χ3v) is 3.03. The molecule has 0 spiro atoms. The molecule has 1 aromatic heterocycles. The van der Waals surface area contributed by atoms with Crippen LogP contribution in [0, 0.1) is 6.92 Å². The zero-order chi connectivity index (χ0) is 15.2. The fourth-order valence-electron chi connectivity index (χ4n) is 2.08. The molecule has 6 nitrogen and oxygen atoms in total. The first-order valence-electron chi connectivity index (χ1n) is 6.88. The summed E-state index contributed by atoms with van der Waals surface area (Å²) in [4.78, 5) is 16.2. The number of benzene rings is 1. The lowest BCUT2D eigenvalue weighted by Gasteiger charge is -2.18. The van der Waals surface area contributed by atoms with E-state index < -0.39 is 6.04 Å². The molecule has 2 rings (SSSR count). The number of aromatic nitrogens is 2. The number of ether oxygens (including phenoxy) is 1. The topological polar surface area (TPSA) is 77.3 Å². The highest BCUT2D eigenvalue weighted by Crippen LogP contribution is 2.28. The van der Waals surface area contributed by atoms with Crippen molar-refractivity contribution in [1.82, 2.24) is 15.5 Å². The van der Waals surface area contributed by atoms with Gasteiger partial charge in [-0.25, -0.2) is 0 Å². The van der Waals surface area contributed by atoms with Crippen molar-refractivity contribution in [2.24, 2.45) is 0 Å². The van der Waals surface area contributed by atoms with Gasteiger partial charge in [0.2, 0.25) is 11.8 Å². The van der Waals surface area contributed by atoms with Crippen molar-refractivity contribution >= 4 is 5.91 Å². The minimum Gasteiger partial charge on any atom is -0.496 e. The third kappa shape index (κ3) is 3.59. The summed E-state index contributed by atoms with van der Waals surface area (Å²) in [6.07, 6.45) is 1.22. The number of nitrogens with one attached hydrogen (secondary N) is 1. The van der Waals surface area contributed by atoms with Crippen LogP contribution in [0.5, 0.6) is 5.75 Å². The predicted octanol–water partition coefficient (Wildman–Crippen LogP) is 2.39. The van der Waals surface area contributed by atoms with E-state index in [2.05, 4.69) is 15.5 Å². The van der Waals surface area contributed by atoms with E-state index >= 15 is 0 Å². The molecule has 0 aliphatic heterocycles. The van der Waals surface area contributed by atoms with E-state index in [0.717, 1.165) is 12.0 Å². The summed E-state index contributed by atoms with van der Waals surface area (Å²) in [6, 6.07) is 6.97. The Hall–Kier alpha value is -2.37. The van der Waals surface area contributed by atoms with Crippen LogP contribution in [0.15, 0.2) is 28.8 Å². The molecule has 0 aliphatic carbocycles. The molecule has 0 saturated carbocycles. The first-order valence-corrected chi connectivity index (χ1v) is 6.88. The molecule has 1 amide bonds. The standard InChI is InChI=1S/C15H19N3O3/c1-4-7-13(19)17-14(15-16-10(2)21-18-15)11-8-5-6-9-12(11)20-3/h5-6,8-9,14H,4,7H2,1-3H3,(H,17,19)/t14-/m0/s1. The van der Waals surface area contributed by atoms with Gasteiger partial charge in [-0.05, 0) is 12.5 Å². The van der Waals surface area contributed by atoms with Gasteiger partial charge in [0.05, 0.1) is 7.11 Å². The summed E-state index contributed by atoms with van der Waals surface area (Å²) in [7, 11) is 1.59. The van der Waals surface area contributed by atoms with E-state index in [-0.39, 0.29) is 5.91 Å². The maximum atomic E-state index is 12.0. The molecule has 1 atom stereocenters. The van der Waals surface area contributed by atoms with Gasteiger partial charge in [-0.15, -0.1) is 0 Å². The van der Waals surface area contributed by atoms with E-state index in [1.807, 2.05) is 31.2 Å². The van der Waals surface area contributed by atoms with Crippen molar-refractivity contribution in [1.29, 1.82) is 0 Å². The van der Waals surface area contributed by atoms with Crippen molar-refractivity contribution in [2.75, 3.05) is 7.11 Å². The van der Waals surface area contributed by atoms with Crippen LogP contribution in [0.2, 0.25) is 0 Å². The Morgan fingerprint density at radius 2 is 2.19 bits per heavy atom. The van der Waals surface area contributed by atoms with Gasteiger partial charge in [0, 0.05) is 18.9 Å². The maximum Gasteiger partial charge on any atom is 0.223 e. The number of aryl methyl sites for hydroxylation is 1. The van der Waals surface area contributed by atoms with Crippen LogP contribution >= 0.6 is 0 Å². The van der Waals surface area contributed by atoms with Crippen molar-refractivity contribution < 1.29 is 14.1 Å². The van der Waals surface area contributed by atoms with Gasteiger partial charge in [-0.3, -0.25) is 4.79 Å². The summed E-state index contributed by atoms with van der Waals surface area (Å²) in [5.74, 6) is 1.48. The van der Waals surface area contributed by atoms with Crippen molar-refractivity contribution in [3.05, 3.63) is 41.5 Å². The molecular weight excluding hydrogens is 270 g/mol. The molecule has 0 fully saturated rings. The number of hydrogen-bond donors (Lipinski definition) is 1. The first kappa shape index (κ1) is 15.0. The summed E-state index contributed by atoms with van der Waals surface area (Å²) in [5, 5.41) is 6.86. The number of amides is 1. The molecule has 21 heavy (non-hydrogen) atoms. The van der Waals surface area contributed by atoms with Crippen LogP contribution in [0.1, 0.15) is 43.1 Å². The summed E-state index contributed by atoms with van der Waals surface area (Å²) < 4.78 is 10.4. The fraction of sp³-hybridized carbons (Fsp3) is 0.400. The average Bonchev–Trinajstić information content (AvgIpc) is 2.91.